The number of rotatable bonds is 14. The zero-order chi connectivity index (χ0) is 27.4. The van der Waals surface area contributed by atoms with E-state index in [1.807, 2.05) is 18.2 Å². The van der Waals surface area contributed by atoms with E-state index in [4.69, 9.17) is 22.3 Å². The normalized spacial score (nSPS) is 13.6. The van der Waals surface area contributed by atoms with Crippen molar-refractivity contribution in [2.45, 2.75) is 43.4 Å². The first-order chi connectivity index (χ1) is 16.8. The molecule has 10 N–H and O–H groups in total. The monoisotopic (exact) mass is 517 g/mol. The smallest absolute Gasteiger partial charge is 0.415 e. The number of halogens is 3. The van der Waals surface area contributed by atoms with Crippen molar-refractivity contribution in [3.63, 3.8) is 0 Å². The molecule has 0 aliphatic carbocycles. The highest BCUT2D eigenvalue weighted by atomic mass is 19.4. The molecule has 0 aliphatic rings. The highest BCUT2D eigenvalue weighted by molar-refractivity contribution is 5.94. The van der Waals surface area contributed by atoms with Gasteiger partial charge in [0.2, 0.25) is 17.7 Å². The summed E-state index contributed by atoms with van der Waals surface area (Å²) in [7, 11) is 0. The lowest BCUT2D eigenvalue weighted by Gasteiger charge is -2.30. The van der Waals surface area contributed by atoms with Gasteiger partial charge < -0.3 is 38.3 Å². The summed E-state index contributed by atoms with van der Waals surface area (Å²) in [6, 6.07) is 7.55. The van der Waals surface area contributed by atoms with Gasteiger partial charge in [0.05, 0.1) is 13.0 Å². The Kier molecular flexibility index (Phi) is 11.6. The number of hydrogen-bond donors (Lipinski definition) is 7. The van der Waals surface area contributed by atoms with E-state index < -0.39 is 60.8 Å². The van der Waals surface area contributed by atoms with E-state index in [2.05, 4.69) is 15.6 Å². The number of carboxylic acids is 1. The Morgan fingerprint density at radius 2 is 1.69 bits per heavy atom. The molecule has 0 radical (unpaired) electrons. The van der Waals surface area contributed by atoms with Crippen molar-refractivity contribution in [3.05, 3.63) is 35.9 Å². The molecule has 15 heteroatoms. The lowest BCUT2D eigenvalue weighted by atomic mass is 9.92. The Labute approximate surface area is 204 Å². The molecule has 1 aromatic carbocycles. The summed E-state index contributed by atoms with van der Waals surface area (Å²) < 4.78 is 40.4. The Balaban J connectivity index is 2.70. The second kappa shape index (κ2) is 13.9. The number of nitrogens with one attached hydrogen (secondary N) is 3. The van der Waals surface area contributed by atoms with Gasteiger partial charge in [0.15, 0.2) is 11.5 Å². The number of hydrogen-bond acceptors (Lipinski definition) is 6. The molecule has 2 atom stereocenters. The first-order valence-electron chi connectivity index (χ1n) is 10.8. The summed E-state index contributed by atoms with van der Waals surface area (Å²) in [5, 5.41) is 15.4. The van der Waals surface area contributed by atoms with Crippen molar-refractivity contribution in [2.24, 2.45) is 22.2 Å². The van der Waals surface area contributed by atoms with Gasteiger partial charge in [-0.2, -0.15) is 13.2 Å². The van der Waals surface area contributed by atoms with Gasteiger partial charge in [0, 0.05) is 13.1 Å². The number of aliphatic carboxylic acids is 1. The molecular weight excluding hydrogens is 487 g/mol. The number of aliphatic imine (C=N–C) groups is 1. The maximum absolute atomic E-state index is 13.5. The van der Waals surface area contributed by atoms with Crippen molar-refractivity contribution in [2.75, 3.05) is 19.6 Å². The van der Waals surface area contributed by atoms with E-state index >= 15 is 0 Å². The summed E-state index contributed by atoms with van der Waals surface area (Å²) in [5.74, 6) is -5.32. The van der Waals surface area contributed by atoms with E-state index in [-0.39, 0.29) is 25.5 Å². The topological polar surface area (TPSA) is 215 Å². The summed E-state index contributed by atoms with van der Waals surface area (Å²) in [4.78, 5) is 51.4. The predicted molar refractivity (Wildman–Crippen MR) is 123 cm³/mol. The minimum Gasteiger partial charge on any atom is -0.481 e. The number of nitrogens with two attached hydrogens (primary N) is 3. The number of nitrogens with zero attached hydrogens (tertiary/aromatic N) is 1. The third-order valence-corrected chi connectivity index (χ3v) is 4.93. The van der Waals surface area contributed by atoms with Crippen LogP contribution in [0.4, 0.5) is 13.2 Å². The largest absolute Gasteiger partial charge is 0.481 e. The molecule has 12 nitrogen and oxygen atoms in total. The minimum absolute atomic E-state index is 0.146. The maximum atomic E-state index is 13.5. The summed E-state index contributed by atoms with van der Waals surface area (Å²) in [5.41, 5.74) is 13.1. The van der Waals surface area contributed by atoms with E-state index in [0.29, 0.717) is 6.42 Å². The van der Waals surface area contributed by atoms with Crippen molar-refractivity contribution in [3.8, 4) is 0 Å². The van der Waals surface area contributed by atoms with Crippen LogP contribution >= 0.6 is 0 Å². The summed E-state index contributed by atoms with van der Waals surface area (Å²) in [6.45, 7) is -1.04. The second-order valence-electron chi connectivity index (χ2n) is 7.81. The molecule has 0 spiro atoms. The molecular formula is C21H30F3N7O5. The Hall–Kier alpha value is -3.88. The van der Waals surface area contributed by atoms with Gasteiger partial charge in [-0.3, -0.25) is 24.2 Å². The predicted octanol–water partition coefficient (Wildman–Crippen LogP) is -1.27. The van der Waals surface area contributed by atoms with E-state index in [9.17, 15) is 32.3 Å². The number of alkyl halides is 3. The standard InChI is InChI=1S/C21H30F3N7O5/c22-21(23,24)20(27,8-4-9-29-19(25)26)18(36)30-12-15(32)31-14(11-16(33)34)17(35)28-10-7-13-5-2-1-3-6-13/h1-3,5-6,14H,4,7-12,27H2,(H,28,35)(H,30,36)(H,31,32)(H,33,34)(H4,25,26,29)/t14?,20-/m0/s1. The molecule has 1 aromatic rings. The minimum atomic E-state index is -5.16. The van der Waals surface area contributed by atoms with Gasteiger partial charge in [0.25, 0.3) is 0 Å². The van der Waals surface area contributed by atoms with Gasteiger partial charge in [0.1, 0.15) is 6.04 Å². The first kappa shape index (κ1) is 30.2. The summed E-state index contributed by atoms with van der Waals surface area (Å²) >= 11 is 0. The quantitative estimate of drug-likeness (QED) is 0.0895. The van der Waals surface area contributed by atoms with Crippen LogP contribution in [0.2, 0.25) is 0 Å². The van der Waals surface area contributed by atoms with Crippen LogP contribution in [-0.2, 0) is 25.6 Å². The van der Waals surface area contributed by atoms with Crippen LogP contribution in [0.3, 0.4) is 0 Å². The van der Waals surface area contributed by atoms with Gasteiger partial charge in [-0.25, -0.2) is 0 Å². The Bertz CT molecular complexity index is 940. The van der Waals surface area contributed by atoms with Gasteiger partial charge >= 0.3 is 12.1 Å². The van der Waals surface area contributed by atoms with Crippen LogP contribution in [0.5, 0.6) is 0 Å². The lowest BCUT2D eigenvalue weighted by molar-refractivity contribution is -0.193. The zero-order valence-corrected chi connectivity index (χ0v) is 19.3. The third-order valence-electron chi connectivity index (χ3n) is 4.93. The number of amides is 3. The first-order valence-corrected chi connectivity index (χ1v) is 10.8. The van der Waals surface area contributed by atoms with Crippen molar-refractivity contribution in [1.82, 2.24) is 16.0 Å². The van der Waals surface area contributed by atoms with Crippen LogP contribution < -0.4 is 33.2 Å². The molecule has 1 rings (SSSR count). The third kappa shape index (κ3) is 10.2. The molecule has 200 valence electrons. The molecule has 0 saturated carbocycles. The van der Waals surface area contributed by atoms with Gasteiger partial charge in [-0.15, -0.1) is 0 Å². The molecule has 1 unspecified atom stereocenters. The molecule has 0 aromatic heterocycles. The molecule has 0 aliphatic heterocycles. The van der Waals surface area contributed by atoms with Gasteiger partial charge in [-0.05, 0) is 24.8 Å². The molecule has 0 heterocycles. The molecule has 0 bridgehead atoms. The Morgan fingerprint density at radius 1 is 1.06 bits per heavy atom. The van der Waals surface area contributed by atoms with Crippen LogP contribution in [0.1, 0.15) is 24.8 Å². The van der Waals surface area contributed by atoms with Crippen LogP contribution in [0, 0.1) is 0 Å². The average Bonchev–Trinajstić information content (AvgIpc) is 2.79. The number of carbonyl (C=O) groups excluding carboxylic acids is 3. The number of carboxylic acid groups (broad SMARTS) is 1. The highest BCUT2D eigenvalue weighted by Gasteiger charge is 2.57. The Morgan fingerprint density at radius 3 is 2.25 bits per heavy atom. The molecule has 36 heavy (non-hydrogen) atoms. The zero-order valence-electron chi connectivity index (χ0n) is 19.3. The molecule has 3 amide bonds. The average molecular weight is 518 g/mol. The molecule has 0 saturated heterocycles. The van der Waals surface area contributed by atoms with E-state index in [0.717, 1.165) is 5.56 Å². The van der Waals surface area contributed by atoms with E-state index in [1.54, 1.807) is 17.4 Å². The van der Waals surface area contributed by atoms with Crippen molar-refractivity contribution < 1.29 is 37.5 Å². The number of benzene rings is 1. The van der Waals surface area contributed by atoms with E-state index in [1.165, 1.54) is 0 Å². The second-order valence-corrected chi connectivity index (χ2v) is 7.81. The lowest BCUT2D eigenvalue weighted by Crippen LogP contribution is -2.64. The van der Waals surface area contributed by atoms with Crippen molar-refractivity contribution in [1.29, 1.82) is 0 Å². The van der Waals surface area contributed by atoms with Crippen LogP contribution in [0.25, 0.3) is 0 Å². The maximum Gasteiger partial charge on any atom is 0.415 e. The number of guanidine groups is 1. The fourth-order valence-electron chi connectivity index (χ4n) is 3.00. The fraction of sp³-hybridized carbons (Fsp3) is 0.476. The van der Waals surface area contributed by atoms with Crippen LogP contribution in [0.15, 0.2) is 35.3 Å². The van der Waals surface area contributed by atoms with Gasteiger partial charge in [-0.1, -0.05) is 30.3 Å². The fourth-order valence-corrected chi connectivity index (χ4v) is 3.00. The number of carbonyl (C=O) groups is 4. The van der Waals surface area contributed by atoms with Crippen molar-refractivity contribution >= 4 is 29.7 Å². The van der Waals surface area contributed by atoms with Crippen LogP contribution in [-0.4, -0.2) is 72.1 Å². The SMILES string of the molecule is NC(N)=NCCC[C@](N)(C(=O)NCC(=O)NC(CC(=O)O)C(=O)NCCc1ccccc1)C(F)(F)F. The summed E-state index contributed by atoms with van der Waals surface area (Å²) in [6.07, 6.45) is -6.65. The highest BCUT2D eigenvalue weighted by Crippen LogP contribution is 2.32. The molecule has 0 fully saturated rings.